The largest absolute Gasteiger partial charge is 0.478 e. The second-order valence-electron chi connectivity index (χ2n) is 5.22. The van der Waals surface area contributed by atoms with Gasteiger partial charge in [0.1, 0.15) is 11.4 Å². The van der Waals surface area contributed by atoms with Gasteiger partial charge in [0.2, 0.25) is 0 Å². The van der Waals surface area contributed by atoms with Crippen LogP contribution in [0.15, 0.2) is 41.0 Å². The summed E-state index contributed by atoms with van der Waals surface area (Å²) in [6.45, 7) is 2.10. The molecule has 0 radical (unpaired) electrons. The molecular formula is C16H15BrN2O2. The summed E-state index contributed by atoms with van der Waals surface area (Å²) in [4.78, 5) is 18.0. The molecule has 0 bridgehead atoms. The zero-order chi connectivity index (χ0) is 15.0. The van der Waals surface area contributed by atoms with E-state index in [9.17, 15) is 9.90 Å². The van der Waals surface area contributed by atoms with E-state index in [4.69, 9.17) is 0 Å². The third kappa shape index (κ3) is 2.53. The fourth-order valence-corrected chi connectivity index (χ4v) is 3.12. The van der Waals surface area contributed by atoms with Crippen LogP contribution < -0.4 is 4.90 Å². The Labute approximate surface area is 131 Å². The average Bonchev–Trinajstić information content (AvgIpc) is 2.47. The van der Waals surface area contributed by atoms with Gasteiger partial charge in [0.05, 0.1) is 0 Å². The minimum Gasteiger partial charge on any atom is -0.478 e. The van der Waals surface area contributed by atoms with Crippen LogP contribution in [0.3, 0.4) is 0 Å². The highest BCUT2D eigenvalue weighted by Crippen LogP contribution is 2.37. The van der Waals surface area contributed by atoms with Gasteiger partial charge in [0, 0.05) is 22.4 Å². The highest BCUT2D eigenvalue weighted by molar-refractivity contribution is 9.10. The topological polar surface area (TPSA) is 53.4 Å². The molecule has 1 N–H and O–H groups in total. The number of hydrogen-bond donors (Lipinski definition) is 1. The summed E-state index contributed by atoms with van der Waals surface area (Å²) < 4.78 is 0.668. The molecule has 5 heteroatoms. The van der Waals surface area contributed by atoms with Crippen molar-refractivity contribution in [2.45, 2.75) is 25.8 Å². The number of para-hydroxylation sites is 1. The van der Waals surface area contributed by atoms with Crippen LogP contribution in [0.2, 0.25) is 0 Å². The molecule has 0 spiro atoms. The molecule has 2 aromatic rings. The molecule has 1 aromatic heterocycles. The van der Waals surface area contributed by atoms with Gasteiger partial charge in [0.25, 0.3) is 0 Å². The Bertz CT molecular complexity index is 702. The number of fused-ring (bicyclic) bond motifs is 1. The molecule has 0 saturated carbocycles. The quantitative estimate of drug-likeness (QED) is 0.892. The monoisotopic (exact) mass is 346 g/mol. The van der Waals surface area contributed by atoms with Gasteiger partial charge in [-0.15, -0.1) is 0 Å². The molecule has 1 atom stereocenters. The fraction of sp³-hybridized carbons (Fsp3) is 0.250. The predicted molar refractivity (Wildman–Crippen MR) is 85.3 cm³/mol. The van der Waals surface area contributed by atoms with E-state index < -0.39 is 5.97 Å². The van der Waals surface area contributed by atoms with E-state index >= 15 is 0 Å². The maximum atomic E-state index is 11.5. The van der Waals surface area contributed by atoms with Crippen LogP contribution >= 0.6 is 15.9 Å². The van der Waals surface area contributed by atoms with Gasteiger partial charge < -0.3 is 10.0 Å². The normalized spacial score (nSPS) is 17.4. The van der Waals surface area contributed by atoms with Gasteiger partial charge in [-0.2, -0.15) is 0 Å². The van der Waals surface area contributed by atoms with Crippen LogP contribution in [-0.4, -0.2) is 22.1 Å². The van der Waals surface area contributed by atoms with E-state index in [-0.39, 0.29) is 11.6 Å². The summed E-state index contributed by atoms with van der Waals surface area (Å²) in [5, 5.41) is 9.47. The standard InChI is InChI=1S/C16H15BrN2O2/c1-10-6-7-11-4-2-3-5-14(11)19(10)15-13(16(20)21)8-12(17)9-18-15/h2-5,8-10H,6-7H2,1H3,(H,20,21). The van der Waals surface area contributed by atoms with Gasteiger partial charge in [-0.1, -0.05) is 18.2 Å². The van der Waals surface area contributed by atoms with Crippen LogP contribution in [0.1, 0.15) is 29.3 Å². The summed E-state index contributed by atoms with van der Waals surface area (Å²) in [7, 11) is 0. The summed E-state index contributed by atoms with van der Waals surface area (Å²) in [5.74, 6) is -0.459. The number of halogens is 1. The molecule has 1 aliphatic rings. The lowest BCUT2D eigenvalue weighted by Gasteiger charge is -2.36. The number of aromatic carboxylic acids is 1. The average molecular weight is 347 g/mol. The number of carboxylic acids is 1. The molecule has 0 amide bonds. The van der Waals surface area contributed by atoms with Crippen molar-refractivity contribution < 1.29 is 9.90 Å². The lowest BCUT2D eigenvalue weighted by molar-refractivity contribution is 0.0697. The first kappa shape index (κ1) is 14.1. The van der Waals surface area contributed by atoms with Gasteiger partial charge in [-0.25, -0.2) is 9.78 Å². The number of aromatic nitrogens is 1. The number of carbonyl (C=O) groups is 1. The van der Waals surface area contributed by atoms with E-state index in [1.54, 1.807) is 12.3 Å². The van der Waals surface area contributed by atoms with Crippen molar-refractivity contribution in [3.8, 4) is 0 Å². The van der Waals surface area contributed by atoms with E-state index in [2.05, 4.69) is 33.9 Å². The Morgan fingerprint density at radius 1 is 1.43 bits per heavy atom. The van der Waals surface area contributed by atoms with Crippen molar-refractivity contribution in [1.82, 2.24) is 4.98 Å². The molecule has 3 rings (SSSR count). The number of hydrogen-bond acceptors (Lipinski definition) is 3. The van der Waals surface area contributed by atoms with Crippen LogP contribution in [-0.2, 0) is 6.42 Å². The summed E-state index contributed by atoms with van der Waals surface area (Å²) in [6.07, 6.45) is 3.63. The highest BCUT2D eigenvalue weighted by atomic mass is 79.9. The number of pyridine rings is 1. The van der Waals surface area contributed by atoms with Crippen molar-refractivity contribution in [3.05, 3.63) is 52.1 Å². The Balaban J connectivity index is 2.18. The maximum Gasteiger partial charge on any atom is 0.339 e. The Morgan fingerprint density at radius 3 is 2.95 bits per heavy atom. The maximum absolute atomic E-state index is 11.5. The van der Waals surface area contributed by atoms with Crippen molar-refractivity contribution in [1.29, 1.82) is 0 Å². The van der Waals surface area contributed by atoms with Crippen LogP contribution in [0.25, 0.3) is 0 Å². The third-order valence-electron chi connectivity index (χ3n) is 3.82. The van der Waals surface area contributed by atoms with Gasteiger partial charge in [0.15, 0.2) is 0 Å². The first-order valence-corrected chi connectivity index (χ1v) is 7.63. The SMILES string of the molecule is CC1CCc2ccccc2N1c1ncc(Br)cc1C(=O)O. The number of nitrogens with zero attached hydrogens (tertiary/aromatic N) is 2. The number of carboxylic acid groups (broad SMARTS) is 1. The van der Waals surface area contributed by atoms with Crippen LogP contribution in [0.4, 0.5) is 11.5 Å². The summed E-state index contributed by atoms with van der Waals surface area (Å²) >= 11 is 3.29. The van der Waals surface area contributed by atoms with Crippen molar-refractivity contribution in [2.24, 2.45) is 0 Å². The number of aryl methyl sites for hydroxylation is 1. The van der Waals surface area contributed by atoms with Gasteiger partial charge in [-0.05, 0) is 53.4 Å². The third-order valence-corrected chi connectivity index (χ3v) is 4.25. The van der Waals surface area contributed by atoms with E-state index in [0.29, 0.717) is 10.3 Å². The predicted octanol–water partition coefficient (Wildman–Crippen LogP) is 4.02. The molecule has 0 fully saturated rings. The lowest BCUT2D eigenvalue weighted by atomic mass is 9.96. The molecule has 108 valence electrons. The van der Waals surface area contributed by atoms with Crippen molar-refractivity contribution in [3.63, 3.8) is 0 Å². The number of rotatable bonds is 2. The Morgan fingerprint density at radius 2 is 2.19 bits per heavy atom. The van der Waals surface area contributed by atoms with E-state index in [1.165, 1.54) is 5.56 Å². The molecule has 4 nitrogen and oxygen atoms in total. The van der Waals surface area contributed by atoms with Gasteiger partial charge in [-0.3, -0.25) is 0 Å². The molecule has 0 saturated heterocycles. The van der Waals surface area contributed by atoms with E-state index in [0.717, 1.165) is 18.5 Å². The molecule has 2 heterocycles. The van der Waals surface area contributed by atoms with Crippen molar-refractivity contribution >= 4 is 33.4 Å². The molecule has 1 unspecified atom stereocenters. The number of anilines is 2. The minimum absolute atomic E-state index is 0.215. The Kier molecular flexibility index (Phi) is 3.68. The molecule has 0 aliphatic carbocycles. The van der Waals surface area contributed by atoms with Crippen LogP contribution in [0, 0.1) is 0 Å². The Hall–Kier alpha value is -1.88. The van der Waals surface area contributed by atoms with E-state index in [1.807, 2.05) is 23.1 Å². The zero-order valence-corrected chi connectivity index (χ0v) is 13.2. The molecule has 1 aromatic carbocycles. The molecule has 1 aliphatic heterocycles. The van der Waals surface area contributed by atoms with Crippen LogP contribution in [0.5, 0.6) is 0 Å². The minimum atomic E-state index is -0.964. The second-order valence-corrected chi connectivity index (χ2v) is 6.13. The molecular weight excluding hydrogens is 332 g/mol. The zero-order valence-electron chi connectivity index (χ0n) is 11.6. The molecule has 21 heavy (non-hydrogen) atoms. The summed E-state index contributed by atoms with van der Waals surface area (Å²) in [5.41, 5.74) is 2.50. The summed E-state index contributed by atoms with van der Waals surface area (Å²) in [6, 6.07) is 9.93. The fourth-order valence-electron chi connectivity index (χ4n) is 2.79. The smallest absolute Gasteiger partial charge is 0.339 e. The van der Waals surface area contributed by atoms with Crippen molar-refractivity contribution in [2.75, 3.05) is 4.90 Å². The van der Waals surface area contributed by atoms with Gasteiger partial charge >= 0.3 is 5.97 Å². The number of benzene rings is 1. The first-order valence-electron chi connectivity index (χ1n) is 6.84. The lowest BCUT2D eigenvalue weighted by Crippen LogP contribution is -2.34. The first-order chi connectivity index (χ1) is 10.1. The second kappa shape index (κ2) is 5.48. The highest BCUT2D eigenvalue weighted by Gasteiger charge is 2.28.